The summed E-state index contributed by atoms with van der Waals surface area (Å²) in [6.45, 7) is 6.70. The first-order valence-electron chi connectivity index (χ1n) is 13.6. The normalized spacial score (nSPS) is 11.1. The fourth-order valence-electron chi connectivity index (χ4n) is 5.11. The predicted octanol–water partition coefficient (Wildman–Crippen LogP) is 9.85. The second-order valence-electron chi connectivity index (χ2n) is 10.9. The maximum atomic E-state index is 4.64. The van der Waals surface area contributed by atoms with Gasteiger partial charge in [-0.1, -0.05) is 104 Å². The van der Waals surface area contributed by atoms with E-state index in [0.29, 0.717) is 0 Å². The fourth-order valence-corrected chi connectivity index (χ4v) is 5.11. The van der Waals surface area contributed by atoms with Crippen LogP contribution >= 0.6 is 0 Å². The number of benzene rings is 5. The predicted molar refractivity (Wildman–Crippen MR) is 168 cm³/mol. The van der Waals surface area contributed by atoms with Crippen LogP contribution in [0.3, 0.4) is 0 Å². The average molecular weight is 707 g/mol. The van der Waals surface area contributed by atoms with Gasteiger partial charge in [-0.15, -0.1) is 59.7 Å². The molecule has 203 valence electrons. The topological polar surface area (TPSA) is 25.8 Å². The second kappa shape index (κ2) is 12.1. The van der Waals surface area contributed by atoms with E-state index in [9.17, 15) is 0 Å². The summed E-state index contributed by atoms with van der Waals surface area (Å²) >= 11 is 0. The van der Waals surface area contributed by atoms with Crippen LogP contribution in [0.5, 0.6) is 0 Å². The maximum Gasteiger partial charge on any atom is 0.0163 e. The van der Waals surface area contributed by atoms with E-state index in [0.717, 1.165) is 22.5 Å². The Bertz CT molecular complexity index is 1850. The van der Waals surface area contributed by atoms with Crippen LogP contribution in [-0.2, 0) is 25.5 Å². The minimum Gasteiger partial charge on any atom is -0.305 e. The number of nitrogens with zero attached hydrogens (tertiary/aromatic N) is 2. The molecule has 41 heavy (non-hydrogen) atoms. The van der Waals surface area contributed by atoms with E-state index in [1.54, 1.807) is 6.20 Å². The van der Waals surface area contributed by atoms with Crippen molar-refractivity contribution in [3.63, 3.8) is 0 Å². The molecule has 7 aromatic rings. The van der Waals surface area contributed by atoms with Crippen molar-refractivity contribution in [2.45, 2.75) is 26.2 Å². The summed E-state index contributed by atoms with van der Waals surface area (Å²) < 4.78 is 0. The molecule has 0 fully saturated rings. The summed E-state index contributed by atoms with van der Waals surface area (Å²) in [7, 11) is 0. The SMILES string of the molecule is CC(C)(C)c1ccnc(-c2[c-]cc3c4ccccc4c4ccccc4c3c2)c1.[Ir].[c-]1ccccc1-c1ccccn1. The summed E-state index contributed by atoms with van der Waals surface area (Å²) in [4.78, 5) is 8.86. The summed E-state index contributed by atoms with van der Waals surface area (Å²) in [5.41, 5.74) is 5.41. The Labute approximate surface area is 255 Å². The molecular formula is C38H30IrN2-2. The Hall–Kier alpha value is -4.17. The van der Waals surface area contributed by atoms with E-state index in [-0.39, 0.29) is 25.5 Å². The minimum atomic E-state index is 0. The van der Waals surface area contributed by atoms with Gasteiger partial charge >= 0.3 is 0 Å². The van der Waals surface area contributed by atoms with E-state index >= 15 is 0 Å². The third-order valence-electron chi connectivity index (χ3n) is 7.23. The molecule has 5 aromatic carbocycles. The maximum absolute atomic E-state index is 4.64. The molecule has 0 amide bonds. The van der Waals surface area contributed by atoms with Crippen LogP contribution in [0.25, 0.3) is 54.8 Å². The van der Waals surface area contributed by atoms with Crippen LogP contribution in [0.1, 0.15) is 26.3 Å². The molecule has 0 aliphatic heterocycles. The zero-order valence-electron chi connectivity index (χ0n) is 23.4. The number of hydrogen-bond acceptors (Lipinski definition) is 2. The van der Waals surface area contributed by atoms with Gasteiger partial charge in [-0.25, -0.2) is 0 Å². The summed E-state index contributed by atoms with van der Waals surface area (Å²) in [5, 5.41) is 7.63. The van der Waals surface area contributed by atoms with Crippen molar-refractivity contribution in [3.05, 3.63) is 145 Å². The number of pyridine rings is 2. The molecule has 0 bridgehead atoms. The molecule has 2 aromatic heterocycles. The average Bonchev–Trinajstić information content (AvgIpc) is 3.02. The Morgan fingerprint density at radius 1 is 0.512 bits per heavy atom. The Kier molecular flexibility index (Phi) is 8.40. The summed E-state index contributed by atoms with van der Waals surface area (Å²) in [6, 6.07) is 46.3. The second-order valence-corrected chi connectivity index (χ2v) is 10.9. The third kappa shape index (κ3) is 5.98. The number of rotatable bonds is 2. The van der Waals surface area contributed by atoms with E-state index < -0.39 is 0 Å². The fraction of sp³-hybridized carbons (Fsp3) is 0.105. The van der Waals surface area contributed by atoms with Gasteiger partial charge in [0.2, 0.25) is 0 Å². The zero-order valence-corrected chi connectivity index (χ0v) is 25.7. The van der Waals surface area contributed by atoms with Crippen molar-refractivity contribution in [1.29, 1.82) is 0 Å². The minimum absolute atomic E-state index is 0. The Morgan fingerprint density at radius 3 is 1.73 bits per heavy atom. The van der Waals surface area contributed by atoms with Crippen LogP contribution in [0, 0.1) is 12.1 Å². The Balaban J connectivity index is 0.000000218. The van der Waals surface area contributed by atoms with Gasteiger partial charge in [-0.2, -0.15) is 0 Å². The first-order chi connectivity index (χ1) is 19.5. The molecule has 0 saturated heterocycles. The molecule has 0 aliphatic rings. The van der Waals surface area contributed by atoms with Crippen molar-refractivity contribution in [1.82, 2.24) is 9.97 Å². The van der Waals surface area contributed by atoms with Crippen molar-refractivity contribution in [3.8, 4) is 22.5 Å². The number of aromatic nitrogens is 2. The quantitative estimate of drug-likeness (QED) is 0.132. The van der Waals surface area contributed by atoms with Gasteiger partial charge in [0.1, 0.15) is 0 Å². The van der Waals surface area contributed by atoms with Crippen LogP contribution in [-0.4, -0.2) is 9.97 Å². The first kappa shape index (κ1) is 28.4. The van der Waals surface area contributed by atoms with Gasteiger partial charge < -0.3 is 9.97 Å². The molecule has 0 atom stereocenters. The monoisotopic (exact) mass is 707 g/mol. The number of fused-ring (bicyclic) bond motifs is 6. The Morgan fingerprint density at radius 2 is 1.12 bits per heavy atom. The molecule has 1 radical (unpaired) electrons. The zero-order chi connectivity index (χ0) is 27.5. The van der Waals surface area contributed by atoms with Crippen LogP contribution in [0.4, 0.5) is 0 Å². The van der Waals surface area contributed by atoms with Crippen molar-refractivity contribution in [2.24, 2.45) is 0 Å². The van der Waals surface area contributed by atoms with Gasteiger partial charge in [0.25, 0.3) is 0 Å². The molecule has 2 nitrogen and oxygen atoms in total. The van der Waals surface area contributed by atoms with Crippen molar-refractivity contribution < 1.29 is 20.1 Å². The molecule has 0 saturated carbocycles. The molecule has 7 rings (SSSR count). The standard InChI is InChI=1S/C27H22N.C11H8N.Ir/c1-27(2,3)19-14-15-28-26(17-19)18-12-13-24-22-10-5-4-8-20(22)21-9-6-7-11-23(21)25(24)16-18;1-2-6-10(7-3-1)11-8-4-5-9-12-11;/h4-11,13-17H,1-3H3;1-6,8-9H;/q2*-1;. The summed E-state index contributed by atoms with van der Waals surface area (Å²) in [5.74, 6) is 0. The van der Waals surface area contributed by atoms with E-state index in [1.807, 2.05) is 48.7 Å². The van der Waals surface area contributed by atoms with Gasteiger partial charge in [0, 0.05) is 32.5 Å². The van der Waals surface area contributed by atoms with Gasteiger partial charge in [-0.05, 0) is 50.7 Å². The van der Waals surface area contributed by atoms with Gasteiger partial charge in [-0.3, -0.25) is 0 Å². The summed E-state index contributed by atoms with van der Waals surface area (Å²) in [6.07, 6.45) is 3.70. The molecule has 3 heteroatoms. The molecule has 2 heterocycles. The molecule has 0 spiro atoms. The van der Waals surface area contributed by atoms with Gasteiger partial charge in [0.15, 0.2) is 0 Å². The molecule has 0 N–H and O–H groups in total. The van der Waals surface area contributed by atoms with Crippen LogP contribution < -0.4 is 0 Å². The van der Waals surface area contributed by atoms with Crippen LogP contribution in [0.15, 0.2) is 128 Å². The number of hydrogen-bond donors (Lipinski definition) is 0. The third-order valence-corrected chi connectivity index (χ3v) is 7.23. The van der Waals surface area contributed by atoms with E-state index in [1.165, 1.54) is 37.9 Å². The van der Waals surface area contributed by atoms with E-state index in [2.05, 4.69) is 116 Å². The smallest absolute Gasteiger partial charge is 0.0163 e. The van der Waals surface area contributed by atoms with Crippen molar-refractivity contribution in [2.75, 3.05) is 0 Å². The molecule has 0 unspecified atom stereocenters. The van der Waals surface area contributed by atoms with Crippen molar-refractivity contribution >= 4 is 32.3 Å². The van der Waals surface area contributed by atoms with Gasteiger partial charge in [0.05, 0.1) is 0 Å². The largest absolute Gasteiger partial charge is 0.305 e. The molecule has 0 aliphatic carbocycles. The van der Waals surface area contributed by atoms with Crippen LogP contribution in [0.2, 0.25) is 0 Å². The van der Waals surface area contributed by atoms with E-state index in [4.69, 9.17) is 0 Å². The first-order valence-corrected chi connectivity index (χ1v) is 13.6. The molecular weight excluding hydrogens is 677 g/mol.